The van der Waals surface area contributed by atoms with Crippen LogP contribution < -0.4 is 14.8 Å². The van der Waals surface area contributed by atoms with E-state index in [-0.39, 0.29) is 17.3 Å². The summed E-state index contributed by atoms with van der Waals surface area (Å²) in [5, 5.41) is 2.73. The number of anilines is 1. The summed E-state index contributed by atoms with van der Waals surface area (Å²) in [6.07, 6.45) is 1.53. The van der Waals surface area contributed by atoms with E-state index in [1.165, 1.54) is 30.5 Å². The van der Waals surface area contributed by atoms with E-state index in [0.717, 1.165) is 0 Å². The van der Waals surface area contributed by atoms with E-state index in [2.05, 4.69) is 10.0 Å². The van der Waals surface area contributed by atoms with Gasteiger partial charge in [-0.1, -0.05) is 0 Å². The topological polar surface area (TPSA) is 97.6 Å². The van der Waals surface area contributed by atoms with Crippen LogP contribution in [-0.2, 0) is 16.6 Å². The first kappa shape index (κ1) is 19.5. The van der Waals surface area contributed by atoms with Gasteiger partial charge in [0.2, 0.25) is 0 Å². The minimum atomic E-state index is -3.74. The molecule has 0 spiro atoms. The predicted octanol–water partition coefficient (Wildman–Crippen LogP) is 3.41. The van der Waals surface area contributed by atoms with Crippen molar-refractivity contribution in [2.75, 3.05) is 11.3 Å². The molecule has 2 N–H and O–H groups in total. The van der Waals surface area contributed by atoms with Crippen LogP contribution in [0.2, 0.25) is 0 Å². The first-order valence-corrected chi connectivity index (χ1v) is 10.1. The number of carbonyl (C=O) groups is 1. The molecule has 1 aromatic heterocycles. The number of hydrogen-bond donors (Lipinski definition) is 2. The fourth-order valence-electron chi connectivity index (χ4n) is 2.47. The van der Waals surface area contributed by atoms with Crippen LogP contribution in [0.3, 0.4) is 0 Å². The van der Waals surface area contributed by atoms with Gasteiger partial charge in [-0.25, -0.2) is 8.42 Å². The molecular formula is C20H20N2O5S. The van der Waals surface area contributed by atoms with Gasteiger partial charge in [-0.3, -0.25) is 9.52 Å². The molecule has 0 radical (unpaired) electrons. The van der Waals surface area contributed by atoms with E-state index in [0.29, 0.717) is 29.4 Å². The fraction of sp³-hybridized carbons (Fsp3) is 0.150. The van der Waals surface area contributed by atoms with Gasteiger partial charge in [-0.05, 0) is 67.6 Å². The molecular weight excluding hydrogens is 380 g/mol. The van der Waals surface area contributed by atoms with Crippen molar-refractivity contribution >= 4 is 21.6 Å². The van der Waals surface area contributed by atoms with E-state index in [1.54, 1.807) is 36.4 Å². The summed E-state index contributed by atoms with van der Waals surface area (Å²) in [4.78, 5) is 12.3. The molecule has 0 saturated heterocycles. The molecule has 8 heteroatoms. The molecule has 3 aromatic rings. The van der Waals surface area contributed by atoms with Crippen molar-refractivity contribution in [3.63, 3.8) is 0 Å². The lowest BCUT2D eigenvalue weighted by Gasteiger charge is -2.10. The van der Waals surface area contributed by atoms with Gasteiger partial charge in [0.1, 0.15) is 11.5 Å². The molecule has 0 aliphatic carbocycles. The van der Waals surface area contributed by atoms with Crippen molar-refractivity contribution in [2.24, 2.45) is 0 Å². The Morgan fingerprint density at radius 3 is 2.36 bits per heavy atom. The zero-order valence-corrected chi connectivity index (χ0v) is 16.0. The Labute approximate surface area is 163 Å². The highest BCUT2D eigenvalue weighted by Gasteiger charge is 2.15. The third kappa shape index (κ3) is 4.92. The van der Waals surface area contributed by atoms with Crippen LogP contribution >= 0.6 is 0 Å². The van der Waals surface area contributed by atoms with Crippen molar-refractivity contribution in [1.29, 1.82) is 0 Å². The maximum absolute atomic E-state index is 12.5. The van der Waals surface area contributed by atoms with Crippen LogP contribution in [0.5, 0.6) is 5.75 Å². The first-order chi connectivity index (χ1) is 13.5. The van der Waals surface area contributed by atoms with E-state index in [1.807, 2.05) is 6.92 Å². The Hall–Kier alpha value is -3.26. The Kier molecular flexibility index (Phi) is 6.00. The largest absolute Gasteiger partial charge is 0.494 e. The van der Waals surface area contributed by atoms with Gasteiger partial charge in [-0.15, -0.1) is 0 Å². The van der Waals surface area contributed by atoms with Gasteiger partial charge in [-0.2, -0.15) is 0 Å². The molecule has 0 atom stereocenters. The van der Waals surface area contributed by atoms with Crippen molar-refractivity contribution < 1.29 is 22.4 Å². The SMILES string of the molecule is CCOc1ccc(S(=O)(=O)Nc2ccc(C(=O)NCc3ccco3)cc2)cc1. The van der Waals surface area contributed by atoms with Gasteiger partial charge in [0.25, 0.3) is 15.9 Å². The Balaban J connectivity index is 1.63. The number of carbonyl (C=O) groups excluding carboxylic acids is 1. The predicted molar refractivity (Wildman–Crippen MR) is 105 cm³/mol. The lowest BCUT2D eigenvalue weighted by atomic mass is 10.2. The minimum Gasteiger partial charge on any atom is -0.494 e. The number of sulfonamides is 1. The number of amides is 1. The van der Waals surface area contributed by atoms with Gasteiger partial charge < -0.3 is 14.5 Å². The summed E-state index contributed by atoms with van der Waals surface area (Å²) < 4.78 is 37.9. The second kappa shape index (κ2) is 8.62. The third-order valence-electron chi connectivity index (χ3n) is 3.85. The van der Waals surface area contributed by atoms with Crippen molar-refractivity contribution in [1.82, 2.24) is 5.32 Å². The number of hydrogen-bond acceptors (Lipinski definition) is 5. The fourth-order valence-corrected chi connectivity index (χ4v) is 3.53. The van der Waals surface area contributed by atoms with Crippen molar-refractivity contribution in [2.45, 2.75) is 18.4 Å². The number of benzene rings is 2. The summed E-state index contributed by atoms with van der Waals surface area (Å²) in [6, 6.07) is 15.8. The Morgan fingerprint density at radius 1 is 1.04 bits per heavy atom. The number of nitrogens with one attached hydrogen (secondary N) is 2. The van der Waals surface area contributed by atoms with E-state index in [4.69, 9.17) is 9.15 Å². The summed E-state index contributed by atoms with van der Waals surface area (Å²) >= 11 is 0. The molecule has 0 unspecified atom stereocenters. The first-order valence-electron chi connectivity index (χ1n) is 8.64. The highest BCUT2D eigenvalue weighted by Crippen LogP contribution is 2.19. The summed E-state index contributed by atoms with van der Waals surface area (Å²) in [6.45, 7) is 2.64. The molecule has 28 heavy (non-hydrogen) atoms. The van der Waals surface area contributed by atoms with Crippen molar-refractivity contribution in [3.05, 3.63) is 78.3 Å². The standard InChI is InChI=1S/C20H20N2O5S/c1-2-26-17-9-11-19(12-10-17)28(24,25)22-16-7-5-15(6-8-16)20(23)21-14-18-4-3-13-27-18/h3-13,22H,2,14H2,1H3,(H,21,23). The molecule has 0 fully saturated rings. The lowest BCUT2D eigenvalue weighted by molar-refractivity contribution is 0.0948. The quantitative estimate of drug-likeness (QED) is 0.604. The Morgan fingerprint density at radius 2 is 1.75 bits per heavy atom. The molecule has 3 rings (SSSR count). The molecule has 7 nitrogen and oxygen atoms in total. The van der Waals surface area contributed by atoms with Crippen LogP contribution in [0.1, 0.15) is 23.0 Å². The molecule has 0 aliphatic heterocycles. The average molecular weight is 400 g/mol. The zero-order chi connectivity index (χ0) is 20.0. The molecule has 0 aliphatic rings. The third-order valence-corrected chi connectivity index (χ3v) is 5.24. The number of rotatable bonds is 8. The zero-order valence-electron chi connectivity index (χ0n) is 15.2. The van der Waals surface area contributed by atoms with Crippen LogP contribution in [0.25, 0.3) is 0 Å². The van der Waals surface area contributed by atoms with Gasteiger partial charge in [0, 0.05) is 11.3 Å². The monoisotopic (exact) mass is 400 g/mol. The van der Waals surface area contributed by atoms with E-state index >= 15 is 0 Å². The number of furan rings is 1. The second-order valence-electron chi connectivity index (χ2n) is 5.85. The summed E-state index contributed by atoms with van der Waals surface area (Å²) in [5.41, 5.74) is 0.770. The molecule has 2 aromatic carbocycles. The molecule has 146 valence electrons. The summed E-state index contributed by atoms with van der Waals surface area (Å²) in [7, 11) is -3.74. The molecule has 1 amide bonds. The lowest BCUT2D eigenvalue weighted by Crippen LogP contribution is -2.22. The maximum Gasteiger partial charge on any atom is 0.261 e. The normalized spacial score (nSPS) is 11.0. The van der Waals surface area contributed by atoms with Gasteiger partial charge in [0.05, 0.1) is 24.3 Å². The highest BCUT2D eigenvalue weighted by atomic mass is 32.2. The second-order valence-corrected chi connectivity index (χ2v) is 7.53. The van der Waals surface area contributed by atoms with E-state index in [9.17, 15) is 13.2 Å². The van der Waals surface area contributed by atoms with Crippen LogP contribution in [-0.4, -0.2) is 20.9 Å². The van der Waals surface area contributed by atoms with Crippen LogP contribution in [0.4, 0.5) is 5.69 Å². The maximum atomic E-state index is 12.5. The van der Waals surface area contributed by atoms with Crippen LogP contribution in [0, 0.1) is 0 Å². The summed E-state index contributed by atoms with van der Waals surface area (Å²) in [5.74, 6) is 0.969. The van der Waals surface area contributed by atoms with E-state index < -0.39 is 10.0 Å². The molecule has 1 heterocycles. The molecule has 0 saturated carbocycles. The van der Waals surface area contributed by atoms with Crippen LogP contribution in [0.15, 0.2) is 76.2 Å². The molecule has 0 bridgehead atoms. The van der Waals surface area contributed by atoms with Crippen molar-refractivity contribution in [3.8, 4) is 5.75 Å². The Bertz CT molecular complexity index is 1010. The van der Waals surface area contributed by atoms with Gasteiger partial charge >= 0.3 is 0 Å². The minimum absolute atomic E-state index is 0.122. The van der Waals surface area contributed by atoms with Gasteiger partial charge in [0.15, 0.2) is 0 Å². The smallest absolute Gasteiger partial charge is 0.261 e. The highest BCUT2D eigenvalue weighted by molar-refractivity contribution is 7.92. The average Bonchev–Trinajstić information content (AvgIpc) is 3.21. The number of ether oxygens (including phenoxy) is 1.